The molecule has 1 heterocycles. The van der Waals surface area contributed by atoms with Crippen molar-refractivity contribution in [2.24, 2.45) is 29.6 Å². The average Bonchev–Trinajstić information content (AvgIpc) is 2.92. The summed E-state index contributed by atoms with van der Waals surface area (Å²) in [6, 6.07) is 2.68. The quantitative estimate of drug-likeness (QED) is 0.330. The Morgan fingerprint density at radius 1 is 0.833 bits per heavy atom. The van der Waals surface area contributed by atoms with Crippen LogP contribution >= 0.6 is 0 Å². The van der Waals surface area contributed by atoms with Crippen LogP contribution in [0.25, 0.3) is 0 Å². The van der Waals surface area contributed by atoms with E-state index >= 15 is 0 Å². The van der Waals surface area contributed by atoms with Gasteiger partial charge in [0, 0.05) is 5.92 Å². The van der Waals surface area contributed by atoms with E-state index in [1.807, 2.05) is 0 Å². The number of aliphatic hydroxyl groups is 1. The van der Waals surface area contributed by atoms with Crippen LogP contribution in [0, 0.1) is 41.2 Å². The van der Waals surface area contributed by atoms with E-state index < -0.39 is 17.9 Å². The Kier molecular flexibility index (Phi) is 10.3. The molecule has 1 aliphatic heterocycles. The van der Waals surface area contributed by atoms with Crippen LogP contribution in [0.1, 0.15) is 97.3 Å². The first kappa shape index (κ1) is 27.6. The molecule has 36 heavy (non-hydrogen) atoms. The van der Waals surface area contributed by atoms with Gasteiger partial charge >= 0.3 is 0 Å². The van der Waals surface area contributed by atoms with Crippen molar-refractivity contribution in [1.82, 2.24) is 0 Å². The predicted molar refractivity (Wildman–Crippen MR) is 137 cm³/mol. The van der Waals surface area contributed by atoms with E-state index in [9.17, 15) is 13.9 Å². The average molecular weight is 509 g/mol. The van der Waals surface area contributed by atoms with E-state index in [0.717, 1.165) is 50.0 Å². The molecule has 2 aliphatic carbocycles. The Bertz CT molecular complexity index is 794. The van der Waals surface area contributed by atoms with Gasteiger partial charge in [-0.1, -0.05) is 19.8 Å². The molecule has 0 spiro atoms. The van der Waals surface area contributed by atoms with Crippen molar-refractivity contribution in [2.75, 3.05) is 13.2 Å². The van der Waals surface area contributed by atoms with Gasteiger partial charge in [-0.15, -0.1) is 0 Å². The number of aliphatic hydroxyl groups excluding tert-OH is 1. The van der Waals surface area contributed by atoms with Crippen molar-refractivity contribution in [2.45, 2.75) is 110 Å². The third-order valence-corrected chi connectivity index (χ3v) is 9.21. The van der Waals surface area contributed by atoms with Crippen molar-refractivity contribution in [3.8, 4) is 11.5 Å². The molecule has 0 radical (unpaired) electrons. The zero-order valence-electron chi connectivity index (χ0n) is 22.2. The molecule has 1 saturated heterocycles. The first-order valence-corrected chi connectivity index (χ1v) is 14.6. The van der Waals surface area contributed by atoms with Gasteiger partial charge in [0.25, 0.3) is 0 Å². The second kappa shape index (κ2) is 13.4. The Balaban J connectivity index is 1.18. The number of benzene rings is 1. The van der Waals surface area contributed by atoms with Crippen LogP contribution in [0.3, 0.4) is 0 Å². The second-order valence-electron chi connectivity index (χ2n) is 11.4. The topological polar surface area (TPSA) is 47.9 Å². The summed E-state index contributed by atoms with van der Waals surface area (Å²) >= 11 is 0. The predicted octanol–water partition coefficient (Wildman–Crippen LogP) is 7.66. The Morgan fingerprint density at radius 2 is 1.39 bits per heavy atom. The summed E-state index contributed by atoms with van der Waals surface area (Å²) in [6.45, 7) is 5.17. The lowest BCUT2D eigenvalue weighted by atomic mass is 9.66. The lowest BCUT2D eigenvalue weighted by molar-refractivity contribution is -0.0813. The summed E-state index contributed by atoms with van der Waals surface area (Å²) in [7, 11) is 0. The minimum Gasteiger partial charge on any atom is -0.491 e. The van der Waals surface area contributed by atoms with E-state index in [1.165, 1.54) is 69.9 Å². The van der Waals surface area contributed by atoms with Gasteiger partial charge in [0.05, 0.1) is 19.3 Å². The van der Waals surface area contributed by atoms with Crippen LogP contribution in [0.5, 0.6) is 11.5 Å². The zero-order valence-corrected chi connectivity index (χ0v) is 22.2. The standard InChI is InChI=1S/C30H46F2O4/c1-3-5-6-25-16-15-24(19-35-25)22-9-7-20(8-10-22)21-11-13-23(14-12-21)30(33)36-27-18-17-26(34-4-2)28(31)29(27)32/h17-18,20-25,30,33H,3-16,19H2,1-2H3. The van der Waals surface area contributed by atoms with Crippen molar-refractivity contribution in [3.05, 3.63) is 23.8 Å². The molecular formula is C30H46F2O4. The van der Waals surface area contributed by atoms with E-state index in [2.05, 4.69) is 6.92 Å². The molecule has 1 N–H and O–H groups in total. The first-order valence-electron chi connectivity index (χ1n) is 14.6. The molecule has 3 unspecified atom stereocenters. The number of hydrogen-bond donors (Lipinski definition) is 1. The van der Waals surface area contributed by atoms with Crippen LogP contribution in [-0.2, 0) is 4.74 Å². The molecule has 204 valence electrons. The number of hydrogen-bond acceptors (Lipinski definition) is 4. The molecule has 3 atom stereocenters. The second-order valence-corrected chi connectivity index (χ2v) is 11.4. The summed E-state index contributed by atoms with van der Waals surface area (Å²) in [4.78, 5) is 0. The molecule has 0 amide bonds. The largest absolute Gasteiger partial charge is 0.491 e. The molecular weight excluding hydrogens is 462 g/mol. The smallest absolute Gasteiger partial charge is 0.204 e. The molecule has 1 aromatic carbocycles. The fraction of sp³-hybridized carbons (Fsp3) is 0.800. The Morgan fingerprint density at radius 3 is 1.97 bits per heavy atom. The fourth-order valence-corrected chi connectivity index (χ4v) is 6.95. The Labute approximate surface area is 216 Å². The molecule has 3 aliphatic rings. The van der Waals surface area contributed by atoms with Gasteiger partial charge in [-0.2, -0.15) is 8.78 Å². The van der Waals surface area contributed by atoms with Crippen LogP contribution in [0.2, 0.25) is 0 Å². The highest BCUT2D eigenvalue weighted by atomic mass is 19.2. The van der Waals surface area contributed by atoms with Gasteiger partial charge in [-0.3, -0.25) is 0 Å². The maximum Gasteiger partial charge on any atom is 0.204 e. The van der Waals surface area contributed by atoms with E-state index in [4.69, 9.17) is 14.2 Å². The molecule has 3 fully saturated rings. The molecule has 2 saturated carbocycles. The molecule has 6 heteroatoms. The molecule has 0 aromatic heterocycles. The van der Waals surface area contributed by atoms with Gasteiger partial charge in [-0.05, 0) is 113 Å². The minimum absolute atomic E-state index is 0.0494. The molecule has 0 bridgehead atoms. The zero-order chi connectivity index (χ0) is 25.5. The number of rotatable bonds is 10. The number of halogens is 2. The fourth-order valence-electron chi connectivity index (χ4n) is 6.95. The van der Waals surface area contributed by atoms with Crippen molar-refractivity contribution in [3.63, 3.8) is 0 Å². The molecule has 1 aromatic rings. The first-order chi connectivity index (χ1) is 17.5. The van der Waals surface area contributed by atoms with Crippen molar-refractivity contribution < 1.29 is 28.1 Å². The molecule has 4 nitrogen and oxygen atoms in total. The monoisotopic (exact) mass is 508 g/mol. The summed E-state index contributed by atoms with van der Waals surface area (Å²) < 4.78 is 45.2. The van der Waals surface area contributed by atoms with Gasteiger partial charge < -0.3 is 19.3 Å². The maximum atomic E-state index is 14.4. The maximum absolute atomic E-state index is 14.4. The highest BCUT2D eigenvalue weighted by Gasteiger charge is 2.36. The van der Waals surface area contributed by atoms with E-state index in [1.54, 1.807) is 6.92 Å². The highest BCUT2D eigenvalue weighted by Crippen LogP contribution is 2.45. The number of unbranched alkanes of at least 4 members (excludes halogenated alkanes) is 1. The van der Waals surface area contributed by atoms with Crippen LogP contribution in [0.15, 0.2) is 12.1 Å². The normalized spacial score (nSPS) is 32.1. The number of ether oxygens (including phenoxy) is 3. The summed E-state index contributed by atoms with van der Waals surface area (Å²) in [5.74, 6) is 0.430. The highest BCUT2D eigenvalue weighted by molar-refractivity contribution is 5.35. The third-order valence-electron chi connectivity index (χ3n) is 9.21. The van der Waals surface area contributed by atoms with Gasteiger partial charge in [0.15, 0.2) is 17.8 Å². The van der Waals surface area contributed by atoms with E-state index in [-0.39, 0.29) is 24.0 Å². The summed E-state index contributed by atoms with van der Waals surface area (Å²) in [5, 5.41) is 10.6. The van der Waals surface area contributed by atoms with Gasteiger partial charge in [0.2, 0.25) is 11.6 Å². The lowest BCUT2D eigenvalue weighted by Gasteiger charge is -2.41. The minimum atomic E-state index is -1.12. The van der Waals surface area contributed by atoms with Crippen LogP contribution in [-0.4, -0.2) is 30.7 Å². The van der Waals surface area contributed by atoms with E-state index in [0.29, 0.717) is 12.0 Å². The molecule has 4 rings (SSSR count). The van der Waals surface area contributed by atoms with Gasteiger partial charge in [-0.25, -0.2) is 0 Å². The van der Waals surface area contributed by atoms with Crippen molar-refractivity contribution in [1.29, 1.82) is 0 Å². The summed E-state index contributed by atoms with van der Waals surface area (Å²) in [6.07, 6.45) is 14.9. The lowest BCUT2D eigenvalue weighted by Crippen LogP contribution is -2.35. The van der Waals surface area contributed by atoms with Crippen LogP contribution in [0.4, 0.5) is 8.78 Å². The Hall–Kier alpha value is -1.40. The summed E-state index contributed by atoms with van der Waals surface area (Å²) in [5.41, 5.74) is 0. The third kappa shape index (κ3) is 6.92. The van der Waals surface area contributed by atoms with Gasteiger partial charge in [0.1, 0.15) is 0 Å². The SMILES string of the molecule is CCCCC1CCC(C2CCC(C3CCC(C(O)Oc4ccc(OCC)c(F)c4F)CC3)CC2)CO1. The van der Waals surface area contributed by atoms with Crippen molar-refractivity contribution >= 4 is 0 Å². The van der Waals surface area contributed by atoms with Crippen LogP contribution < -0.4 is 9.47 Å².